The van der Waals surface area contributed by atoms with Gasteiger partial charge in [-0.15, -0.1) is 15.7 Å². The van der Waals surface area contributed by atoms with Crippen LogP contribution in [0.15, 0.2) is 33.6 Å². The van der Waals surface area contributed by atoms with Gasteiger partial charge in [0.05, 0.1) is 11.5 Å². The maximum absolute atomic E-state index is 13.0. The van der Waals surface area contributed by atoms with Crippen LogP contribution in [-0.4, -0.2) is 38.2 Å². The van der Waals surface area contributed by atoms with Gasteiger partial charge in [-0.25, -0.2) is 0 Å². The lowest BCUT2D eigenvalue weighted by Crippen LogP contribution is -2.43. The van der Waals surface area contributed by atoms with Crippen LogP contribution < -0.4 is 5.32 Å². The third-order valence-electron chi connectivity index (χ3n) is 5.97. The average Bonchev–Trinajstić information content (AvgIpc) is 3.40. The van der Waals surface area contributed by atoms with Crippen LogP contribution in [0, 0.1) is 17.2 Å². The van der Waals surface area contributed by atoms with Gasteiger partial charge in [0, 0.05) is 23.5 Å². The first-order valence-electron chi connectivity index (χ1n) is 10.0. The van der Waals surface area contributed by atoms with E-state index < -0.39 is 10.0 Å². The summed E-state index contributed by atoms with van der Waals surface area (Å²) in [6, 6.07) is 9.06. The molecule has 1 aliphatic carbocycles. The number of benzene rings is 1. The van der Waals surface area contributed by atoms with Crippen molar-refractivity contribution in [3.05, 3.63) is 45.8 Å². The number of nitrogens with one attached hydrogen (secondary N) is 1. The van der Waals surface area contributed by atoms with E-state index in [9.17, 15) is 18.5 Å². The molecular weight excluding hydrogens is 420 g/mol. The maximum atomic E-state index is 13.0. The number of likely N-dealkylation sites (tertiary alicyclic amines) is 1. The van der Waals surface area contributed by atoms with Crippen molar-refractivity contribution in [1.82, 2.24) is 4.90 Å². The van der Waals surface area contributed by atoms with Gasteiger partial charge in [0.2, 0.25) is 5.91 Å². The minimum Gasteiger partial charge on any atom is -0.355 e. The van der Waals surface area contributed by atoms with Gasteiger partial charge < -0.3 is 10.2 Å². The largest absolute Gasteiger partial charge is 0.355 e. The number of aryl methyl sites for hydroxylation is 1. The Labute approximate surface area is 179 Å². The summed E-state index contributed by atoms with van der Waals surface area (Å²) in [5.41, 5.74) is 2.29. The van der Waals surface area contributed by atoms with E-state index in [4.69, 9.17) is 0 Å². The van der Waals surface area contributed by atoms with E-state index in [1.165, 1.54) is 16.2 Å². The van der Waals surface area contributed by atoms with Gasteiger partial charge in [-0.3, -0.25) is 4.79 Å². The first-order chi connectivity index (χ1) is 14.5. The van der Waals surface area contributed by atoms with Gasteiger partial charge in [-0.05, 0) is 49.8 Å². The van der Waals surface area contributed by atoms with Crippen LogP contribution in [0.4, 0.5) is 5.00 Å². The molecule has 1 fully saturated rings. The topological polar surface area (TPSA) is 103 Å². The van der Waals surface area contributed by atoms with Crippen molar-refractivity contribution in [3.63, 3.8) is 0 Å². The Hall–Kier alpha value is -2.70. The van der Waals surface area contributed by atoms with Gasteiger partial charge in [0.1, 0.15) is 16.0 Å². The number of hydrogen-bond donors (Lipinski definition) is 1. The zero-order valence-electron chi connectivity index (χ0n) is 16.2. The molecule has 0 bridgehead atoms. The molecule has 3 heterocycles. The first-order valence-corrected chi connectivity index (χ1v) is 12.3. The van der Waals surface area contributed by atoms with Crippen LogP contribution >= 0.6 is 11.3 Å². The smallest absolute Gasteiger partial charge is 0.285 e. The molecule has 3 aliphatic rings. The van der Waals surface area contributed by atoms with Crippen LogP contribution in [0.1, 0.15) is 40.8 Å². The van der Waals surface area contributed by atoms with E-state index in [2.05, 4.69) is 15.8 Å². The molecule has 0 spiro atoms. The summed E-state index contributed by atoms with van der Waals surface area (Å²) in [4.78, 5) is 16.3. The van der Waals surface area contributed by atoms with E-state index in [-0.39, 0.29) is 16.7 Å². The van der Waals surface area contributed by atoms with Crippen LogP contribution in [0.2, 0.25) is 0 Å². The standard InChI is InChI=1S/C21H20N4O3S2/c22-11-16-14-7-3-8-17(14)29-21(16)23-20(26)13-5-4-10-25(12-13)19-15-6-1-2-9-18(15)30(27,28)24-19/h1-2,6,9,13H,3-5,7-8,10,12H2,(H,23,26). The van der Waals surface area contributed by atoms with E-state index in [1.54, 1.807) is 24.3 Å². The number of carbonyl (C=O) groups is 1. The quantitative estimate of drug-likeness (QED) is 0.774. The van der Waals surface area contributed by atoms with E-state index in [0.717, 1.165) is 37.7 Å². The molecule has 1 aromatic heterocycles. The molecule has 1 N–H and O–H groups in total. The molecule has 154 valence electrons. The lowest BCUT2D eigenvalue weighted by Gasteiger charge is -2.33. The van der Waals surface area contributed by atoms with Crippen LogP contribution in [0.3, 0.4) is 0 Å². The number of fused-ring (bicyclic) bond motifs is 2. The predicted molar refractivity (Wildman–Crippen MR) is 114 cm³/mol. The van der Waals surface area contributed by atoms with E-state index in [1.807, 2.05) is 4.90 Å². The molecule has 1 aromatic carbocycles. The molecule has 9 heteroatoms. The van der Waals surface area contributed by atoms with Gasteiger partial charge in [-0.2, -0.15) is 13.7 Å². The fourth-order valence-electron chi connectivity index (χ4n) is 4.52. The number of hydrogen-bond acceptors (Lipinski definition) is 6. The van der Waals surface area contributed by atoms with Crippen molar-refractivity contribution in [2.24, 2.45) is 10.3 Å². The number of anilines is 1. The molecule has 1 unspecified atom stereocenters. The summed E-state index contributed by atoms with van der Waals surface area (Å²) in [5.74, 6) is 0.0159. The average molecular weight is 441 g/mol. The van der Waals surface area contributed by atoms with Gasteiger partial charge >= 0.3 is 0 Å². The Balaban J connectivity index is 1.36. The summed E-state index contributed by atoms with van der Waals surface area (Å²) < 4.78 is 28.8. The number of amidine groups is 1. The molecule has 7 nitrogen and oxygen atoms in total. The molecular formula is C21H20N4O3S2. The van der Waals surface area contributed by atoms with Crippen molar-refractivity contribution in [2.75, 3.05) is 18.4 Å². The highest BCUT2D eigenvalue weighted by Gasteiger charge is 2.35. The van der Waals surface area contributed by atoms with Crippen LogP contribution in [0.5, 0.6) is 0 Å². The monoisotopic (exact) mass is 440 g/mol. The van der Waals surface area contributed by atoms with Crippen molar-refractivity contribution < 1.29 is 13.2 Å². The second kappa shape index (κ2) is 7.22. The fraction of sp³-hybridized carbons (Fsp3) is 0.381. The number of thiophene rings is 1. The Morgan fingerprint density at radius 2 is 2.10 bits per heavy atom. The summed E-state index contributed by atoms with van der Waals surface area (Å²) in [5, 5.41) is 13.2. The molecule has 1 amide bonds. The van der Waals surface area contributed by atoms with Crippen LogP contribution in [0.25, 0.3) is 0 Å². The number of nitriles is 1. The molecule has 2 aliphatic heterocycles. The first kappa shape index (κ1) is 19.3. The number of sulfonamides is 1. The molecule has 2 aromatic rings. The number of rotatable bonds is 2. The molecule has 30 heavy (non-hydrogen) atoms. The summed E-state index contributed by atoms with van der Waals surface area (Å²) >= 11 is 1.51. The lowest BCUT2D eigenvalue weighted by atomic mass is 9.96. The number of amides is 1. The highest BCUT2D eigenvalue weighted by Crippen LogP contribution is 2.39. The van der Waals surface area contributed by atoms with E-state index in [0.29, 0.717) is 35.1 Å². The number of piperidine rings is 1. The molecule has 1 atom stereocenters. The maximum Gasteiger partial charge on any atom is 0.285 e. The summed E-state index contributed by atoms with van der Waals surface area (Å²) in [6.07, 6.45) is 4.42. The molecule has 5 rings (SSSR count). The number of nitrogens with zero attached hydrogens (tertiary/aromatic N) is 3. The summed E-state index contributed by atoms with van der Waals surface area (Å²) in [6.45, 7) is 1.06. The highest BCUT2D eigenvalue weighted by molar-refractivity contribution is 7.90. The molecule has 0 saturated carbocycles. The Kier molecular flexibility index (Phi) is 4.64. The minimum atomic E-state index is -3.69. The Morgan fingerprint density at radius 3 is 2.93 bits per heavy atom. The van der Waals surface area contributed by atoms with Gasteiger partial charge in [0.25, 0.3) is 10.0 Å². The van der Waals surface area contributed by atoms with Crippen molar-refractivity contribution in [2.45, 2.75) is 37.0 Å². The highest BCUT2D eigenvalue weighted by atomic mass is 32.2. The zero-order chi connectivity index (χ0) is 20.9. The second-order valence-corrected chi connectivity index (χ2v) is 10.5. The third-order valence-corrected chi connectivity index (χ3v) is 8.51. The van der Waals surface area contributed by atoms with Crippen molar-refractivity contribution in [3.8, 4) is 6.07 Å². The van der Waals surface area contributed by atoms with Crippen LogP contribution in [-0.2, 0) is 27.7 Å². The third kappa shape index (κ3) is 3.11. The SMILES string of the molecule is N#Cc1c(NC(=O)C2CCCN(C3=NS(=O)(=O)c4ccccc43)C2)sc2c1CCC2. The number of carbonyl (C=O) groups excluding carboxylic acids is 1. The zero-order valence-corrected chi connectivity index (χ0v) is 17.9. The second-order valence-electron chi connectivity index (χ2n) is 7.83. The fourth-order valence-corrected chi connectivity index (χ4v) is 6.99. The van der Waals surface area contributed by atoms with Crippen molar-refractivity contribution >= 4 is 38.1 Å². The molecule has 1 saturated heterocycles. The van der Waals surface area contributed by atoms with E-state index >= 15 is 0 Å². The minimum absolute atomic E-state index is 0.120. The predicted octanol–water partition coefficient (Wildman–Crippen LogP) is 2.91. The van der Waals surface area contributed by atoms with Gasteiger partial charge in [-0.1, -0.05) is 12.1 Å². The molecule has 0 radical (unpaired) electrons. The van der Waals surface area contributed by atoms with Gasteiger partial charge in [0.15, 0.2) is 5.84 Å². The summed E-state index contributed by atoms with van der Waals surface area (Å²) in [7, 11) is -3.69. The normalized spacial score (nSPS) is 21.5. The Bertz CT molecular complexity index is 1220. The van der Waals surface area contributed by atoms with Crippen molar-refractivity contribution in [1.29, 1.82) is 5.26 Å². The lowest BCUT2D eigenvalue weighted by molar-refractivity contribution is -0.121. The Morgan fingerprint density at radius 1 is 1.27 bits per heavy atom.